The van der Waals surface area contributed by atoms with E-state index in [2.05, 4.69) is 5.32 Å². The minimum absolute atomic E-state index is 0.109. The molecule has 1 heterocycles. The second-order valence-electron chi connectivity index (χ2n) is 5.18. The van der Waals surface area contributed by atoms with Crippen LogP contribution in [0.4, 0.5) is 11.4 Å². The Labute approximate surface area is 138 Å². The monoisotopic (exact) mass is 330 g/mol. The van der Waals surface area contributed by atoms with Gasteiger partial charge in [0.2, 0.25) is 5.91 Å². The minimum atomic E-state index is -0.594. The molecule has 118 valence electrons. The van der Waals surface area contributed by atoms with Gasteiger partial charge < -0.3 is 10.1 Å². The number of rotatable bonds is 4. The van der Waals surface area contributed by atoms with Crippen molar-refractivity contribution in [1.29, 1.82) is 0 Å². The summed E-state index contributed by atoms with van der Waals surface area (Å²) in [5, 5.41) is 3.63. The number of amides is 2. The Morgan fingerprint density at radius 2 is 1.91 bits per heavy atom. The van der Waals surface area contributed by atoms with Gasteiger partial charge in [-0.15, -0.1) is 0 Å². The Morgan fingerprint density at radius 3 is 2.57 bits per heavy atom. The quantitative estimate of drug-likeness (QED) is 0.875. The largest absolute Gasteiger partial charge is 0.497 e. The van der Waals surface area contributed by atoms with Crippen LogP contribution in [0.15, 0.2) is 48.5 Å². The third-order valence-corrected chi connectivity index (χ3v) is 3.88. The molecule has 6 heteroatoms. The van der Waals surface area contributed by atoms with Gasteiger partial charge in [0.15, 0.2) is 0 Å². The Kier molecular flexibility index (Phi) is 4.21. The maximum Gasteiger partial charge on any atom is 0.256 e. The number of carbonyl (C=O) groups excluding carboxylic acids is 2. The summed E-state index contributed by atoms with van der Waals surface area (Å²) in [6.45, 7) is 0. The average Bonchev–Trinajstić information content (AvgIpc) is 2.81. The van der Waals surface area contributed by atoms with E-state index in [1.165, 1.54) is 4.90 Å². The molecule has 0 aliphatic carbocycles. The van der Waals surface area contributed by atoms with Crippen molar-refractivity contribution in [3.8, 4) is 5.75 Å². The van der Waals surface area contributed by atoms with E-state index in [9.17, 15) is 9.59 Å². The van der Waals surface area contributed by atoms with Gasteiger partial charge in [0, 0.05) is 10.7 Å². The lowest BCUT2D eigenvalue weighted by molar-refractivity contribution is -0.121. The zero-order valence-electron chi connectivity index (χ0n) is 12.5. The summed E-state index contributed by atoms with van der Waals surface area (Å²) < 4.78 is 5.08. The molecule has 1 N–H and O–H groups in total. The second kappa shape index (κ2) is 6.30. The first-order valence-corrected chi connectivity index (χ1v) is 7.49. The van der Waals surface area contributed by atoms with E-state index in [1.807, 2.05) is 0 Å². The molecule has 3 rings (SSSR count). The average molecular weight is 331 g/mol. The molecule has 23 heavy (non-hydrogen) atoms. The predicted octanol–water partition coefficient (Wildman–Crippen LogP) is 3.09. The maximum absolute atomic E-state index is 12.5. The number of nitrogens with zero attached hydrogens (tertiary/aromatic N) is 1. The molecule has 5 nitrogen and oxygen atoms in total. The highest BCUT2D eigenvalue weighted by Crippen LogP contribution is 2.27. The summed E-state index contributed by atoms with van der Waals surface area (Å²) in [6.07, 6.45) is 0.109. The lowest BCUT2D eigenvalue weighted by atomic mass is 10.2. The molecule has 1 aliphatic heterocycles. The van der Waals surface area contributed by atoms with Gasteiger partial charge in [-0.2, -0.15) is 0 Å². The van der Waals surface area contributed by atoms with Crippen molar-refractivity contribution >= 4 is 34.8 Å². The van der Waals surface area contributed by atoms with Crippen LogP contribution in [0.1, 0.15) is 6.42 Å². The predicted molar refractivity (Wildman–Crippen MR) is 89.0 cm³/mol. The van der Waals surface area contributed by atoms with Gasteiger partial charge in [0.25, 0.3) is 5.91 Å². The fourth-order valence-electron chi connectivity index (χ4n) is 2.53. The molecule has 2 aromatic rings. The van der Waals surface area contributed by atoms with Crippen molar-refractivity contribution in [2.45, 2.75) is 12.5 Å². The van der Waals surface area contributed by atoms with E-state index in [0.717, 1.165) is 0 Å². The van der Waals surface area contributed by atoms with Crippen LogP contribution >= 0.6 is 11.6 Å². The third-order valence-electron chi connectivity index (χ3n) is 3.64. The topological polar surface area (TPSA) is 58.6 Å². The van der Waals surface area contributed by atoms with Gasteiger partial charge in [-0.3, -0.25) is 9.59 Å². The van der Waals surface area contributed by atoms with Crippen LogP contribution < -0.4 is 15.0 Å². The smallest absolute Gasteiger partial charge is 0.256 e. The van der Waals surface area contributed by atoms with E-state index in [-0.39, 0.29) is 18.2 Å². The number of anilines is 2. The van der Waals surface area contributed by atoms with Crippen molar-refractivity contribution in [2.24, 2.45) is 0 Å². The molecule has 2 aromatic carbocycles. The van der Waals surface area contributed by atoms with E-state index < -0.39 is 6.04 Å². The zero-order chi connectivity index (χ0) is 16.4. The van der Waals surface area contributed by atoms with E-state index >= 15 is 0 Å². The molecule has 0 radical (unpaired) electrons. The molecule has 1 saturated heterocycles. The Balaban J connectivity index is 1.79. The SMILES string of the molecule is COc1ccc(N2C(=O)CC(Nc3cccc(Cl)c3)C2=O)cc1. The van der Waals surface area contributed by atoms with Crippen LogP contribution in [0, 0.1) is 0 Å². The normalized spacial score (nSPS) is 17.5. The zero-order valence-corrected chi connectivity index (χ0v) is 13.2. The molecule has 2 amide bonds. The van der Waals surface area contributed by atoms with Crippen molar-refractivity contribution in [2.75, 3.05) is 17.3 Å². The third kappa shape index (κ3) is 3.14. The number of methoxy groups -OCH3 is 1. The number of nitrogens with one attached hydrogen (secondary N) is 1. The minimum Gasteiger partial charge on any atom is -0.497 e. The molecule has 1 unspecified atom stereocenters. The molecule has 1 aliphatic rings. The number of imide groups is 1. The standard InChI is InChI=1S/C17H15ClN2O3/c1-23-14-7-5-13(6-8-14)20-16(21)10-15(17(20)22)19-12-4-2-3-11(18)9-12/h2-9,15,19H,10H2,1H3. The Morgan fingerprint density at radius 1 is 1.17 bits per heavy atom. The summed E-state index contributed by atoms with van der Waals surface area (Å²) in [5.41, 5.74) is 1.25. The number of benzene rings is 2. The summed E-state index contributed by atoms with van der Waals surface area (Å²) in [5.74, 6) is 0.154. The van der Waals surface area contributed by atoms with Gasteiger partial charge in [0.05, 0.1) is 19.2 Å². The van der Waals surface area contributed by atoms with E-state index in [0.29, 0.717) is 22.1 Å². The summed E-state index contributed by atoms with van der Waals surface area (Å²) in [6, 6.07) is 13.3. The Hall–Kier alpha value is -2.53. The van der Waals surface area contributed by atoms with Gasteiger partial charge in [-0.1, -0.05) is 17.7 Å². The summed E-state index contributed by atoms with van der Waals surface area (Å²) >= 11 is 5.93. The number of hydrogen-bond acceptors (Lipinski definition) is 4. The molecular weight excluding hydrogens is 316 g/mol. The fourth-order valence-corrected chi connectivity index (χ4v) is 2.72. The first kappa shape index (κ1) is 15.4. The van der Waals surface area contributed by atoms with Crippen molar-refractivity contribution in [3.63, 3.8) is 0 Å². The molecule has 0 bridgehead atoms. The molecule has 0 spiro atoms. The van der Waals surface area contributed by atoms with Crippen LogP contribution in [-0.2, 0) is 9.59 Å². The highest BCUT2D eigenvalue weighted by Gasteiger charge is 2.39. The van der Waals surface area contributed by atoms with Crippen LogP contribution in [0.25, 0.3) is 0 Å². The molecule has 1 fully saturated rings. The summed E-state index contributed by atoms with van der Waals surface area (Å²) in [4.78, 5) is 25.9. The summed E-state index contributed by atoms with van der Waals surface area (Å²) in [7, 11) is 1.56. The highest BCUT2D eigenvalue weighted by molar-refractivity contribution is 6.30. The fraction of sp³-hybridized carbons (Fsp3) is 0.176. The van der Waals surface area contributed by atoms with Crippen molar-refractivity contribution < 1.29 is 14.3 Å². The highest BCUT2D eigenvalue weighted by atomic mass is 35.5. The van der Waals surface area contributed by atoms with E-state index in [1.54, 1.807) is 55.6 Å². The van der Waals surface area contributed by atoms with Crippen LogP contribution in [0.2, 0.25) is 5.02 Å². The lowest BCUT2D eigenvalue weighted by Crippen LogP contribution is -2.34. The lowest BCUT2D eigenvalue weighted by Gasteiger charge is -2.16. The first-order valence-electron chi connectivity index (χ1n) is 7.11. The van der Waals surface area contributed by atoms with Crippen LogP contribution in [-0.4, -0.2) is 25.0 Å². The number of hydrogen-bond donors (Lipinski definition) is 1. The van der Waals surface area contributed by atoms with Crippen LogP contribution in [0.3, 0.4) is 0 Å². The maximum atomic E-state index is 12.5. The number of ether oxygens (including phenoxy) is 1. The molecular formula is C17H15ClN2O3. The van der Waals surface area contributed by atoms with Gasteiger partial charge >= 0.3 is 0 Å². The molecule has 1 atom stereocenters. The molecule has 0 saturated carbocycles. The van der Waals surface area contributed by atoms with Gasteiger partial charge in [-0.05, 0) is 42.5 Å². The second-order valence-corrected chi connectivity index (χ2v) is 5.61. The van der Waals surface area contributed by atoms with Crippen molar-refractivity contribution in [3.05, 3.63) is 53.6 Å². The van der Waals surface area contributed by atoms with Crippen LogP contribution in [0.5, 0.6) is 5.75 Å². The van der Waals surface area contributed by atoms with Crippen molar-refractivity contribution in [1.82, 2.24) is 0 Å². The van der Waals surface area contributed by atoms with E-state index in [4.69, 9.17) is 16.3 Å². The van der Waals surface area contributed by atoms with Gasteiger partial charge in [-0.25, -0.2) is 4.90 Å². The number of halogens is 1. The molecule has 0 aromatic heterocycles. The number of carbonyl (C=O) groups is 2. The Bertz CT molecular complexity index is 746. The first-order chi connectivity index (χ1) is 11.1. The van der Waals surface area contributed by atoms with Gasteiger partial charge in [0.1, 0.15) is 11.8 Å².